The molecule has 0 N–H and O–H groups in total. The van der Waals surface area contributed by atoms with Crippen molar-refractivity contribution in [1.29, 1.82) is 0 Å². The normalized spacial score (nSPS) is 28.0. The van der Waals surface area contributed by atoms with E-state index in [1.807, 2.05) is 29.0 Å². The Morgan fingerprint density at radius 2 is 2.12 bits per heavy atom. The van der Waals surface area contributed by atoms with Crippen LogP contribution in [0.4, 0.5) is 10.6 Å². The number of amides is 2. The largest absolute Gasteiger partial charge is 0.326 e. The Morgan fingerprint density at radius 3 is 2.62 bits per heavy atom. The molecule has 1 aliphatic carbocycles. The molecule has 5 heteroatoms. The van der Waals surface area contributed by atoms with Crippen molar-refractivity contribution in [2.75, 3.05) is 11.9 Å². The van der Waals surface area contributed by atoms with Crippen LogP contribution in [0.25, 0.3) is 0 Å². The van der Waals surface area contributed by atoms with E-state index in [0.717, 1.165) is 22.2 Å². The van der Waals surface area contributed by atoms with Crippen LogP contribution in [-0.4, -0.2) is 35.0 Å². The third kappa shape index (κ3) is 1.33. The van der Waals surface area contributed by atoms with E-state index >= 15 is 0 Å². The lowest BCUT2D eigenvalue weighted by Crippen LogP contribution is -2.45. The Balaban J connectivity index is 1.95. The van der Waals surface area contributed by atoms with Crippen molar-refractivity contribution in [3.8, 4) is 0 Å². The molecule has 16 heavy (non-hydrogen) atoms. The van der Waals surface area contributed by atoms with Gasteiger partial charge in [0.1, 0.15) is 5.82 Å². The van der Waals surface area contributed by atoms with Gasteiger partial charge in [0, 0.05) is 16.8 Å². The molecule has 0 radical (unpaired) electrons. The second kappa shape index (κ2) is 3.58. The average Bonchev–Trinajstić information content (AvgIpc) is 2.39. The van der Waals surface area contributed by atoms with Gasteiger partial charge in [0.05, 0.1) is 12.1 Å². The highest BCUT2D eigenvalue weighted by Gasteiger charge is 2.50. The molecule has 2 atom stereocenters. The number of rotatable bonds is 1. The molecule has 2 aliphatic rings. The zero-order valence-electron chi connectivity index (χ0n) is 8.93. The number of nitrogens with zero attached hydrogens (tertiary/aromatic N) is 3. The van der Waals surface area contributed by atoms with Gasteiger partial charge >= 0.3 is 6.03 Å². The number of likely N-dealkylation sites (N-methyl/N-ethyl adjacent to an activating group) is 1. The minimum atomic E-state index is 0.0845. The third-order valence-electron chi connectivity index (χ3n) is 3.50. The number of carbonyl (C=O) groups is 1. The number of anilines is 1. The SMILES string of the molecule is CN1C(=O)N(c2ccc(I)cn2)C2CCC21. The van der Waals surface area contributed by atoms with Crippen molar-refractivity contribution in [3.63, 3.8) is 0 Å². The van der Waals surface area contributed by atoms with Crippen LogP contribution in [0.5, 0.6) is 0 Å². The standard InChI is InChI=1S/C11H12IN3O/c1-14-8-3-4-9(8)15(11(14)16)10-5-2-7(12)6-13-10/h2,5-6,8-9H,3-4H2,1H3. The quantitative estimate of drug-likeness (QED) is 0.740. The first-order valence-electron chi connectivity index (χ1n) is 5.36. The fourth-order valence-electron chi connectivity index (χ4n) is 2.45. The van der Waals surface area contributed by atoms with Crippen LogP contribution in [0.15, 0.2) is 18.3 Å². The van der Waals surface area contributed by atoms with Crippen molar-refractivity contribution in [2.45, 2.75) is 24.9 Å². The van der Waals surface area contributed by atoms with E-state index in [1.54, 1.807) is 6.20 Å². The van der Waals surface area contributed by atoms with Gasteiger partial charge in [-0.15, -0.1) is 0 Å². The number of halogens is 1. The highest BCUT2D eigenvalue weighted by molar-refractivity contribution is 14.1. The molecule has 2 fully saturated rings. The Hall–Kier alpha value is -0.850. The van der Waals surface area contributed by atoms with Gasteiger partial charge < -0.3 is 4.90 Å². The Kier molecular flexibility index (Phi) is 2.31. The van der Waals surface area contributed by atoms with Crippen LogP contribution in [0.1, 0.15) is 12.8 Å². The Morgan fingerprint density at radius 1 is 1.38 bits per heavy atom. The van der Waals surface area contributed by atoms with E-state index < -0.39 is 0 Å². The molecule has 1 saturated carbocycles. The average molecular weight is 329 g/mol. The highest BCUT2D eigenvalue weighted by atomic mass is 127. The zero-order chi connectivity index (χ0) is 11.3. The number of hydrogen-bond acceptors (Lipinski definition) is 2. The summed E-state index contributed by atoms with van der Waals surface area (Å²) in [5.41, 5.74) is 0. The van der Waals surface area contributed by atoms with Crippen LogP contribution in [-0.2, 0) is 0 Å². The number of urea groups is 1. The summed E-state index contributed by atoms with van der Waals surface area (Å²) >= 11 is 2.22. The van der Waals surface area contributed by atoms with Crippen molar-refractivity contribution in [1.82, 2.24) is 9.88 Å². The Labute approximate surface area is 108 Å². The molecule has 1 saturated heterocycles. The summed E-state index contributed by atoms with van der Waals surface area (Å²) < 4.78 is 1.09. The van der Waals surface area contributed by atoms with Crippen molar-refractivity contribution >= 4 is 34.4 Å². The van der Waals surface area contributed by atoms with E-state index in [1.165, 1.54) is 0 Å². The lowest BCUT2D eigenvalue weighted by Gasteiger charge is -2.35. The van der Waals surface area contributed by atoms with E-state index in [9.17, 15) is 4.79 Å². The molecular formula is C11H12IN3O. The first-order chi connectivity index (χ1) is 7.68. The van der Waals surface area contributed by atoms with E-state index in [2.05, 4.69) is 27.6 Å². The van der Waals surface area contributed by atoms with Crippen molar-refractivity contribution in [2.24, 2.45) is 0 Å². The number of pyridine rings is 1. The lowest BCUT2D eigenvalue weighted by atomic mass is 9.86. The van der Waals surface area contributed by atoms with Crippen LogP contribution < -0.4 is 4.90 Å². The predicted molar refractivity (Wildman–Crippen MR) is 69.4 cm³/mol. The van der Waals surface area contributed by atoms with E-state index in [-0.39, 0.29) is 6.03 Å². The topological polar surface area (TPSA) is 36.4 Å². The fourth-order valence-corrected chi connectivity index (χ4v) is 2.77. The summed E-state index contributed by atoms with van der Waals surface area (Å²) in [5.74, 6) is 0.782. The molecule has 2 amide bonds. The molecule has 2 unspecified atom stereocenters. The highest BCUT2D eigenvalue weighted by Crippen LogP contribution is 2.38. The summed E-state index contributed by atoms with van der Waals surface area (Å²) in [6.45, 7) is 0. The summed E-state index contributed by atoms with van der Waals surface area (Å²) in [4.78, 5) is 20.1. The van der Waals surface area contributed by atoms with Gasteiger partial charge in [0.2, 0.25) is 0 Å². The van der Waals surface area contributed by atoms with Crippen molar-refractivity contribution in [3.05, 3.63) is 21.9 Å². The smallest absolute Gasteiger partial charge is 0.322 e. The number of hydrogen-bond donors (Lipinski definition) is 0. The molecular weight excluding hydrogens is 317 g/mol. The predicted octanol–water partition coefficient (Wildman–Crippen LogP) is 2.09. The summed E-state index contributed by atoms with van der Waals surface area (Å²) in [6, 6.07) is 4.73. The maximum Gasteiger partial charge on any atom is 0.326 e. The minimum Gasteiger partial charge on any atom is -0.322 e. The van der Waals surface area contributed by atoms with Crippen LogP contribution in [0.3, 0.4) is 0 Å². The van der Waals surface area contributed by atoms with Gasteiger partial charge in [0.25, 0.3) is 0 Å². The molecule has 0 bridgehead atoms. The molecule has 1 aromatic heterocycles. The molecule has 1 aliphatic heterocycles. The molecule has 2 heterocycles. The second-order valence-corrected chi connectivity index (χ2v) is 5.56. The Bertz CT molecular complexity index is 433. The number of fused-ring (bicyclic) bond motifs is 1. The molecule has 0 aromatic carbocycles. The minimum absolute atomic E-state index is 0.0845. The molecule has 4 nitrogen and oxygen atoms in total. The third-order valence-corrected chi connectivity index (χ3v) is 4.14. The molecule has 84 valence electrons. The number of aromatic nitrogens is 1. The van der Waals surface area contributed by atoms with Gasteiger partial charge in [0.15, 0.2) is 0 Å². The van der Waals surface area contributed by atoms with Gasteiger partial charge in [-0.2, -0.15) is 0 Å². The first-order valence-corrected chi connectivity index (χ1v) is 6.44. The molecule has 3 rings (SSSR count). The number of carbonyl (C=O) groups excluding carboxylic acids is 1. The molecule has 1 aromatic rings. The van der Waals surface area contributed by atoms with Gasteiger partial charge in [-0.05, 0) is 47.6 Å². The van der Waals surface area contributed by atoms with E-state index in [4.69, 9.17) is 0 Å². The maximum absolute atomic E-state index is 12.1. The van der Waals surface area contributed by atoms with Crippen LogP contribution in [0, 0.1) is 3.57 Å². The lowest BCUT2D eigenvalue weighted by molar-refractivity contribution is 0.196. The van der Waals surface area contributed by atoms with Crippen molar-refractivity contribution < 1.29 is 4.79 Å². The zero-order valence-corrected chi connectivity index (χ0v) is 11.1. The first kappa shape index (κ1) is 10.3. The maximum atomic E-state index is 12.1. The van der Waals surface area contributed by atoms with E-state index in [0.29, 0.717) is 12.1 Å². The van der Waals surface area contributed by atoms with Crippen LogP contribution >= 0.6 is 22.6 Å². The summed E-state index contributed by atoms with van der Waals surface area (Å²) in [5, 5.41) is 0. The fraction of sp³-hybridized carbons (Fsp3) is 0.455. The van der Waals surface area contributed by atoms with Gasteiger partial charge in [-0.25, -0.2) is 9.78 Å². The second-order valence-electron chi connectivity index (χ2n) is 4.31. The summed E-state index contributed by atoms with van der Waals surface area (Å²) in [7, 11) is 1.88. The van der Waals surface area contributed by atoms with Crippen LogP contribution in [0.2, 0.25) is 0 Å². The monoisotopic (exact) mass is 329 g/mol. The van der Waals surface area contributed by atoms with Gasteiger partial charge in [-0.3, -0.25) is 4.90 Å². The molecule has 0 spiro atoms. The summed E-state index contributed by atoms with van der Waals surface area (Å²) in [6.07, 6.45) is 4.01. The van der Waals surface area contributed by atoms with Gasteiger partial charge in [-0.1, -0.05) is 0 Å².